The molecule has 0 aliphatic carbocycles. The summed E-state index contributed by atoms with van der Waals surface area (Å²) >= 11 is 1.45. The van der Waals surface area contributed by atoms with E-state index in [4.69, 9.17) is 10.5 Å². The number of ether oxygens (including phenoxy) is 1. The zero-order valence-corrected chi connectivity index (χ0v) is 13.4. The lowest BCUT2D eigenvalue weighted by atomic mass is 10.0. The number of nitrogen functional groups attached to an aromatic ring is 1. The SMILES string of the molecule is CCOC(=O)c1c(N)sc2c1CCN(c1nccc(C)n1)C2. The lowest BCUT2D eigenvalue weighted by Gasteiger charge is -2.27. The third-order valence-corrected chi connectivity index (χ3v) is 4.67. The van der Waals surface area contributed by atoms with E-state index in [-0.39, 0.29) is 5.97 Å². The van der Waals surface area contributed by atoms with E-state index >= 15 is 0 Å². The minimum absolute atomic E-state index is 0.322. The van der Waals surface area contributed by atoms with Gasteiger partial charge in [0.15, 0.2) is 0 Å². The largest absolute Gasteiger partial charge is 0.462 e. The van der Waals surface area contributed by atoms with Crippen molar-refractivity contribution in [3.8, 4) is 0 Å². The predicted octanol–water partition coefficient (Wildman–Crippen LogP) is 2.17. The fourth-order valence-electron chi connectivity index (χ4n) is 2.61. The number of nitrogens with zero attached hydrogens (tertiary/aromatic N) is 3. The highest BCUT2D eigenvalue weighted by molar-refractivity contribution is 7.16. The number of aryl methyl sites for hydroxylation is 1. The molecule has 1 aliphatic heterocycles. The van der Waals surface area contributed by atoms with Gasteiger partial charge in [0, 0.05) is 23.3 Å². The standard InChI is InChI=1S/C15H18N4O2S/c1-3-21-14(20)12-10-5-7-19(8-11(10)22-13(12)16)15-17-6-4-9(2)18-15/h4,6H,3,5,7-8,16H2,1-2H3. The van der Waals surface area contributed by atoms with Gasteiger partial charge in [0.1, 0.15) is 5.00 Å². The molecule has 0 unspecified atom stereocenters. The van der Waals surface area contributed by atoms with Gasteiger partial charge in [0.05, 0.1) is 18.7 Å². The van der Waals surface area contributed by atoms with Crippen LogP contribution in [0.2, 0.25) is 0 Å². The van der Waals surface area contributed by atoms with Crippen LogP contribution >= 0.6 is 11.3 Å². The van der Waals surface area contributed by atoms with Gasteiger partial charge in [-0.1, -0.05) is 0 Å². The van der Waals surface area contributed by atoms with Crippen LogP contribution in [-0.4, -0.2) is 29.1 Å². The topological polar surface area (TPSA) is 81.3 Å². The van der Waals surface area contributed by atoms with Gasteiger partial charge < -0.3 is 15.4 Å². The Kier molecular flexibility index (Phi) is 3.98. The Morgan fingerprint density at radius 2 is 2.36 bits per heavy atom. The van der Waals surface area contributed by atoms with Crippen LogP contribution in [-0.2, 0) is 17.7 Å². The molecule has 0 spiro atoms. The van der Waals surface area contributed by atoms with E-state index < -0.39 is 0 Å². The van der Waals surface area contributed by atoms with Gasteiger partial charge in [-0.3, -0.25) is 0 Å². The minimum atomic E-state index is -0.322. The average molecular weight is 318 g/mol. The molecule has 116 valence electrons. The molecule has 2 aromatic rings. The molecule has 0 atom stereocenters. The molecule has 22 heavy (non-hydrogen) atoms. The molecule has 2 N–H and O–H groups in total. The number of esters is 1. The summed E-state index contributed by atoms with van der Waals surface area (Å²) in [5.74, 6) is 0.396. The maximum atomic E-state index is 12.1. The van der Waals surface area contributed by atoms with Crippen LogP contribution in [0.25, 0.3) is 0 Å². The Labute approximate surface area is 132 Å². The van der Waals surface area contributed by atoms with Crippen LogP contribution < -0.4 is 10.6 Å². The number of rotatable bonds is 3. The van der Waals surface area contributed by atoms with Crippen molar-refractivity contribution in [1.29, 1.82) is 0 Å². The zero-order chi connectivity index (χ0) is 15.7. The van der Waals surface area contributed by atoms with E-state index in [2.05, 4.69) is 14.9 Å². The summed E-state index contributed by atoms with van der Waals surface area (Å²) in [6.07, 6.45) is 2.51. The van der Waals surface area contributed by atoms with E-state index in [0.29, 0.717) is 23.7 Å². The molecular formula is C15H18N4O2S. The van der Waals surface area contributed by atoms with Crippen molar-refractivity contribution in [2.24, 2.45) is 0 Å². The monoisotopic (exact) mass is 318 g/mol. The maximum absolute atomic E-state index is 12.1. The van der Waals surface area contributed by atoms with E-state index in [9.17, 15) is 4.79 Å². The number of carbonyl (C=O) groups is 1. The summed E-state index contributed by atoms with van der Waals surface area (Å²) in [6.45, 7) is 5.53. The molecular weight excluding hydrogens is 300 g/mol. The van der Waals surface area contributed by atoms with E-state index in [0.717, 1.165) is 35.0 Å². The van der Waals surface area contributed by atoms with Crippen LogP contribution in [0.3, 0.4) is 0 Å². The molecule has 0 saturated carbocycles. The van der Waals surface area contributed by atoms with Gasteiger partial charge in [0.25, 0.3) is 0 Å². The Hall–Kier alpha value is -2.15. The van der Waals surface area contributed by atoms with Gasteiger partial charge >= 0.3 is 5.97 Å². The lowest BCUT2D eigenvalue weighted by molar-refractivity contribution is 0.0526. The number of carbonyl (C=O) groups excluding carboxylic acids is 1. The van der Waals surface area contributed by atoms with Crippen LogP contribution in [0.5, 0.6) is 0 Å². The first-order valence-corrected chi connectivity index (χ1v) is 8.03. The van der Waals surface area contributed by atoms with Gasteiger partial charge in [-0.05, 0) is 31.9 Å². The zero-order valence-electron chi connectivity index (χ0n) is 12.6. The quantitative estimate of drug-likeness (QED) is 0.874. The Bertz CT molecular complexity index is 714. The summed E-state index contributed by atoms with van der Waals surface area (Å²) in [5.41, 5.74) is 8.53. The lowest BCUT2D eigenvalue weighted by Crippen LogP contribution is -2.31. The molecule has 0 bridgehead atoms. The molecule has 1 aliphatic rings. The molecule has 0 fully saturated rings. The number of aromatic nitrogens is 2. The Morgan fingerprint density at radius 3 is 3.09 bits per heavy atom. The molecule has 0 amide bonds. The highest BCUT2D eigenvalue weighted by Crippen LogP contribution is 2.36. The molecule has 2 aromatic heterocycles. The first-order chi connectivity index (χ1) is 10.6. The normalized spacial score (nSPS) is 13.8. The summed E-state index contributed by atoms with van der Waals surface area (Å²) in [6, 6.07) is 1.88. The van der Waals surface area contributed by atoms with E-state index in [1.165, 1.54) is 11.3 Å². The number of anilines is 2. The van der Waals surface area contributed by atoms with Crippen LogP contribution in [0.15, 0.2) is 12.3 Å². The molecule has 3 rings (SSSR count). The smallest absolute Gasteiger partial charge is 0.341 e. The van der Waals surface area contributed by atoms with Crippen molar-refractivity contribution in [3.63, 3.8) is 0 Å². The summed E-state index contributed by atoms with van der Waals surface area (Å²) < 4.78 is 5.11. The number of hydrogen-bond acceptors (Lipinski definition) is 7. The molecule has 0 radical (unpaired) electrons. The second-order valence-electron chi connectivity index (χ2n) is 5.13. The van der Waals surface area contributed by atoms with Crippen LogP contribution in [0, 0.1) is 6.92 Å². The number of nitrogens with two attached hydrogens (primary N) is 1. The van der Waals surface area contributed by atoms with Crippen molar-refractivity contribution in [3.05, 3.63) is 34.0 Å². The van der Waals surface area contributed by atoms with Gasteiger partial charge in [0.2, 0.25) is 5.95 Å². The van der Waals surface area contributed by atoms with E-state index in [1.54, 1.807) is 13.1 Å². The van der Waals surface area contributed by atoms with Crippen LogP contribution in [0.1, 0.15) is 33.4 Å². The van der Waals surface area contributed by atoms with Gasteiger partial charge in [-0.2, -0.15) is 0 Å². The molecule has 7 heteroatoms. The fraction of sp³-hybridized carbons (Fsp3) is 0.400. The third kappa shape index (κ3) is 2.64. The van der Waals surface area contributed by atoms with Crippen molar-refractivity contribution in [2.45, 2.75) is 26.8 Å². The Morgan fingerprint density at radius 1 is 1.55 bits per heavy atom. The van der Waals surface area contributed by atoms with Crippen molar-refractivity contribution in [2.75, 3.05) is 23.8 Å². The van der Waals surface area contributed by atoms with E-state index in [1.807, 2.05) is 13.0 Å². The first-order valence-electron chi connectivity index (χ1n) is 7.22. The Balaban J connectivity index is 1.88. The summed E-state index contributed by atoms with van der Waals surface area (Å²) in [5, 5.41) is 0.537. The number of thiophene rings is 1. The first kappa shape index (κ1) is 14.8. The second-order valence-corrected chi connectivity index (χ2v) is 6.27. The average Bonchev–Trinajstić information content (AvgIpc) is 2.82. The highest BCUT2D eigenvalue weighted by atomic mass is 32.1. The predicted molar refractivity (Wildman–Crippen MR) is 86.2 cm³/mol. The number of fused-ring (bicyclic) bond motifs is 1. The molecule has 3 heterocycles. The summed E-state index contributed by atoms with van der Waals surface area (Å²) in [7, 11) is 0. The second kappa shape index (κ2) is 5.92. The highest BCUT2D eigenvalue weighted by Gasteiger charge is 2.28. The van der Waals surface area contributed by atoms with Crippen molar-refractivity contribution < 1.29 is 9.53 Å². The fourth-order valence-corrected chi connectivity index (χ4v) is 3.73. The van der Waals surface area contributed by atoms with Crippen molar-refractivity contribution >= 4 is 28.3 Å². The van der Waals surface area contributed by atoms with Crippen LogP contribution in [0.4, 0.5) is 10.9 Å². The van der Waals surface area contributed by atoms with Gasteiger partial charge in [-0.15, -0.1) is 11.3 Å². The number of hydrogen-bond donors (Lipinski definition) is 1. The minimum Gasteiger partial charge on any atom is -0.462 e. The summed E-state index contributed by atoms with van der Waals surface area (Å²) in [4.78, 5) is 24.1. The molecule has 0 aromatic carbocycles. The maximum Gasteiger partial charge on any atom is 0.341 e. The molecule has 6 nitrogen and oxygen atoms in total. The molecule has 0 saturated heterocycles. The van der Waals surface area contributed by atoms with Crippen molar-refractivity contribution in [1.82, 2.24) is 9.97 Å². The third-order valence-electron chi connectivity index (χ3n) is 3.63. The van der Waals surface area contributed by atoms with Gasteiger partial charge in [-0.25, -0.2) is 14.8 Å².